The first-order valence-corrected chi connectivity index (χ1v) is 6.01. The van der Waals surface area contributed by atoms with E-state index in [2.05, 4.69) is 15.4 Å². The van der Waals surface area contributed by atoms with Crippen molar-refractivity contribution in [3.05, 3.63) is 59.7 Å². The molecule has 0 unspecified atom stereocenters. The Morgan fingerprint density at radius 3 is 3.00 bits per heavy atom. The number of aryl methyl sites for hydroxylation is 1. The van der Waals surface area contributed by atoms with E-state index in [9.17, 15) is 4.39 Å². The Kier molecular flexibility index (Phi) is 2.87. The highest BCUT2D eigenvalue weighted by Crippen LogP contribution is 2.14. The molecule has 0 amide bonds. The maximum absolute atomic E-state index is 13.1. The summed E-state index contributed by atoms with van der Waals surface area (Å²) in [4.78, 5) is 4.16. The van der Waals surface area contributed by atoms with E-state index in [0.29, 0.717) is 6.54 Å². The predicted molar refractivity (Wildman–Crippen MR) is 71.5 cm³/mol. The number of pyridine rings is 1. The molecule has 0 atom stereocenters. The molecule has 4 nitrogen and oxygen atoms in total. The molecule has 0 aliphatic rings. The average molecular weight is 256 g/mol. The van der Waals surface area contributed by atoms with Crippen molar-refractivity contribution in [2.24, 2.45) is 0 Å². The Balaban J connectivity index is 1.87. The van der Waals surface area contributed by atoms with Gasteiger partial charge in [0.2, 0.25) is 0 Å². The molecule has 0 aliphatic heterocycles. The third-order valence-electron chi connectivity index (χ3n) is 2.89. The molecule has 0 radical (unpaired) electrons. The van der Waals surface area contributed by atoms with Crippen molar-refractivity contribution in [3.63, 3.8) is 0 Å². The first kappa shape index (κ1) is 11.6. The smallest absolute Gasteiger partial charge is 0.157 e. The van der Waals surface area contributed by atoms with Crippen molar-refractivity contribution in [2.45, 2.75) is 13.5 Å². The average Bonchev–Trinajstić information content (AvgIpc) is 2.84. The number of fused-ring (bicyclic) bond motifs is 1. The van der Waals surface area contributed by atoms with Crippen molar-refractivity contribution in [2.75, 3.05) is 5.32 Å². The molecule has 3 aromatic rings. The van der Waals surface area contributed by atoms with Crippen LogP contribution in [0.2, 0.25) is 0 Å². The summed E-state index contributed by atoms with van der Waals surface area (Å²) in [6, 6.07) is 10.5. The summed E-state index contributed by atoms with van der Waals surface area (Å²) >= 11 is 0. The summed E-state index contributed by atoms with van der Waals surface area (Å²) in [5.41, 5.74) is 2.78. The molecule has 2 heterocycles. The zero-order valence-electron chi connectivity index (χ0n) is 10.5. The Bertz CT molecular complexity index is 720. The van der Waals surface area contributed by atoms with Crippen LogP contribution in [0.15, 0.2) is 42.7 Å². The van der Waals surface area contributed by atoms with Gasteiger partial charge in [-0.15, -0.1) is 0 Å². The molecule has 2 aromatic heterocycles. The van der Waals surface area contributed by atoms with Crippen LogP contribution < -0.4 is 5.32 Å². The number of rotatable bonds is 3. The van der Waals surface area contributed by atoms with Crippen LogP contribution in [0.5, 0.6) is 0 Å². The largest absolute Gasteiger partial charge is 0.366 e. The van der Waals surface area contributed by atoms with Gasteiger partial charge in [0.15, 0.2) is 5.65 Å². The maximum atomic E-state index is 13.1. The van der Waals surface area contributed by atoms with Crippen LogP contribution in [0.1, 0.15) is 11.1 Å². The predicted octanol–water partition coefficient (Wildman–Crippen LogP) is 2.79. The lowest BCUT2D eigenvalue weighted by Gasteiger charge is -2.09. The molecule has 0 fully saturated rings. The lowest BCUT2D eigenvalue weighted by atomic mass is 10.2. The van der Waals surface area contributed by atoms with Gasteiger partial charge < -0.3 is 5.32 Å². The molecule has 3 rings (SSSR count). The van der Waals surface area contributed by atoms with E-state index in [1.54, 1.807) is 10.6 Å². The van der Waals surface area contributed by atoms with E-state index >= 15 is 0 Å². The highest BCUT2D eigenvalue weighted by molar-refractivity contribution is 5.51. The molecule has 19 heavy (non-hydrogen) atoms. The lowest BCUT2D eigenvalue weighted by Crippen LogP contribution is -2.05. The van der Waals surface area contributed by atoms with E-state index in [-0.39, 0.29) is 5.82 Å². The zero-order valence-corrected chi connectivity index (χ0v) is 10.5. The minimum absolute atomic E-state index is 0.227. The van der Waals surface area contributed by atoms with Gasteiger partial charge in [0, 0.05) is 6.54 Å². The highest BCUT2D eigenvalue weighted by atomic mass is 19.1. The topological polar surface area (TPSA) is 42.2 Å². The molecule has 0 saturated carbocycles. The number of nitrogens with one attached hydrogen (secondary N) is 1. The van der Waals surface area contributed by atoms with Gasteiger partial charge in [0.25, 0.3) is 0 Å². The van der Waals surface area contributed by atoms with Crippen LogP contribution >= 0.6 is 0 Å². The highest BCUT2D eigenvalue weighted by Gasteiger charge is 2.04. The monoisotopic (exact) mass is 256 g/mol. The number of hydrogen-bond acceptors (Lipinski definition) is 3. The van der Waals surface area contributed by atoms with Gasteiger partial charge in [-0.25, -0.2) is 9.37 Å². The van der Waals surface area contributed by atoms with E-state index in [1.807, 2.05) is 25.1 Å². The second kappa shape index (κ2) is 4.68. The number of hydrogen-bond donors (Lipinski definition) is 1. The summed E-state index contributed by atoms with van der Waals surface area (Å²) in [6.07, 6.45) is 1.52. The van der Waals surface area contributed by atoms with Crippen molar-refractivity contribution < 1.29 is 4.39 Å². The summed E-state index contributed by atoms with van der Waals surface area (Å²) in [5.74, 6) is 0.617. The van der Waals surface area contributed by atoms with Gasteiger partial charge in [0.05, 0.1) is 0 Å². The van der Waals surface area contributed by atoms with Gasteiger partial charge in [0.1, 0.15) is 18.0 Å². The van der Waals surface area contributed by atoms with Crippen LogP contribution in [-0.2, 0) is 6.54 Å². The van der Waals surface area contributed by atoms with Crippen LogP contribution in [0, 0.1) is 12.7 Å². The number of aromatic nitrogens is 3. The standard InChI is InChI=1S/C14H13FN4/c1-10-5-13(19-14(6-10)17-9-18-19)16-8-11-3-2-4-12(15)7-11/h2-7,9,16H,8H2,1H3. The molecule has 0 bridgehead atoms. The van der Waals surface area contributed by atoms with Crippen molar-refractivity contribution in [1.29, 1.82) is 0 Å². The fourth-order valence-electron chi connectivity index (χ4n) is 2.02. The first-order valence-electron chi connectivity index (χ1n) is 6.01. The summed E-state index contributed by atoms with van der Waals surface area (Å²) in [7, 11) is 0. The minimum atomic E-state index is -0.227. The Morgan fingerprint density at radius 1 is 1.26 bits per heavy atom. The molecular weight excluding hydrogens is 243 g/mol. The van der Waals surface area contributed by atoms with Crippen LogP contribution in [0.3, 0.4) is 0 Å². The lowest BCUT2D eigenvalue weighted by molar-refractivity contribution is 0.626. The Morgan fingerprint density at radius 2 is 2.16 bits per heavy atom. The molecular formula is C14H13FN4. The van der Waals surface area contributed by atoms with Crippen LogP contribution in [-0.4, -0.2) is 14.6 Å². The van der Waals surface area contributed by atoms with Crippen LogP contribution in [0.4, 0.5) is 10.2 Å². The molecule has 0 spiro atoms. The van der Waals surface area contributed by atoms with E-state index in [4.69, 9.17) is 0 Å². The number of benzene rings is 1. The summed E-state index contributed by atoms with van der Waals surface area (Å²) < 4.78 is 14.8. The Hall–Kier alpha value is -2.43. The number of nitrogens with zero attached hydrogens (tertiary/aromatic N) is 3. The molecule has 1 aromatic carbocycles. The normalized spacial score (nSPS) is 10.8. The van der Waals surface area contributed by atoms with Crippen LogP contribution in [0.25, 0.3) is 5.65 Å². The minimum Gasteiger partial charge on any atom is -0.366 e. The summed E-state index contributed by atoms with van der Waals surface area (Å²) in [6.45, 7) is 2.54. The molecule has 1 N–H and O–H groups in total. The van der Waals surface area contributed by atoms with Gasteiger partial charge >= 0.3 is 0 Å². The molecule has 5 heteroatoms. The maximum Gasteiger partial charge on any atom is 0.157 e. The molecule has 0 aliphatic carbocycles. The van der Waals surface area contributed by atoms with E-state index < -0.39 is 0 Å². The van der Waals surface area contributed by atoms with Crippen molar-refractivity contribution in [3.8, 4) is 0 Å². The second-order valence-electron chi connectivity index (χ2n) is 4.43. The Labute approximate surface area is 109 Å². The van der Waals surface area contributed by atoms with Crippen molar-refractivity contribution >= 4 is 11.5 Å². The third-order valence-corrected chi connectivity index (χ3v) is 2.89. The molecule has 96 valence electrons. The number of halogens is 1. The fraction of sp³-hybridized carbons (Fsp3) is 0.143. The van der Waals surface area contributed by atoms with Gasteiger partial charge in [-0.1, -0.05) is 12.1 Å². The quantitative estimate of drug-likeness (QED) is 0.783. The zero-order chi connectivity index (χ0) is 13.2. The van der Waals surface area contributed by atoms with E-state index in [0.717, 1.165) is 22.6 Å². The SMILES string of the molecule is Cc1cc(NCc2cccc(F)c2)n2ncnc2c1. The first-order chi connectivity index (χ1) is 9.22. The fourth-order valence-corrected chi connectivity index (χ4v) is 2.02. The third kappa shape index (κ3) is 2.40. The van der Waals surface area contributed by atoms with Gasteiger partial charge in [-0.2, -0.15) is 9.61 Å². The van der Waals surface area contributed by atoms with E-state index in [1.165, 1.54) is 18.5 Å². The summed E-state index contributed by atoms with van der Waals surface area (Å²) in [5, 5.41) is 7.41. The van der Waals surface area contributed by atoms with Crippen molar-refractivity contribution in [1.82, 2.24) is 14.6 Å². The van der Waals surface area contributed by atoms with Gasteiger partial charge in [-0.05, 0) is 42.3 Å². The number of anilines is 1. The van der Waals surface area contributed by atoms with Gasteiger partial charge in [-0.3, -0.25) is 0 Å². The molecule has 0 saturated heterocycles. The second-order valence-corrected chi connectivity index (χ2v) is 4.43.